The molecule has 2 aromatic carbocycles. The molecule has 27 heavy (non-hydrogen) atoms. The molecule has 8 heteroatoms. The molecule has 2 heterocycles. The quantitative estimate of drug-likeness (QED) is 0.569. The van der Waals surface area contributed by atoms with Crippen molar-refractivity contribution in [3.8, 4) is 11.5 Å². The van der Waals surface area contributed by atoms with E-state index in [-0.39, 0.29) is 24.0 Å². The third kappa shape index (κ3) is 3.43. The first-order valence-electron chi connectivity index (χ1n) is 7.95. The highest BCUT2D eigenvalue weighted by Crippen LogP contribution is 2.39. The van der Waals surface area contributed by atoms with Crippen molar-refractivity contribution in [2.24, 2.45) is 0 Å². The molecule has 2 aliphatic heterocycles. The van der Waals surface area contributed by atoms with Gasteiger partial charge < -0.3 is 9.47 Å². The number of amides is 2. The Morgan fingerprint density at radius 1 is 1.15 bits per heavy atom. The van der Waals surface area contributed by atoms with Gasteiger partial charge in [0.25, 0.3) is 11.1 Å². The maximum Gasteiger partial charge on any atom is 0.293 e. The van der Waals surface area contributed by atoms with Gasteiger partial charge in [-0.15, -0.1) is 0 Å². The number of nitrogens with zero attached hydrogens (tertiary/aromatic N) is 1. The number of halogens is 1. The number of hydrogen-bond acceptors (Lipinski definition) is 6. The minimum Gasteiger partial charge on any atom is -0.454 e. The van der Waals surface area contributed by atoms with E-state index in [0.717, 1.165) is 16.7 Å². The van der Waals surface area contributed by atoms with Gasteiger partial charge in [0.05, 0.1) is 16.5 Å². The number of benzene rings is 2. The molecule has 6 nitrogen and oxygen atoms in total. The average Bonchev–Trinajstić information content (AvgIpc) is 3.22. The van der Waals surface area contributed by atoms with Crippen molar-refractivity contribution in [2.45, 2.75) is 0 Å². The lowest BCUT2D eigenvalue weighted by Gasteiger charge is -2.11. The van der Waals surface area contributed by atoms with E-state index in [4.69, 9.17) is 21.1 Å². The number of fused-ring (bicyclic) bond motifs is 1. The zero-order chi connectivity index (χ0) is 19.0. The number of carbonyl (C=O) groups is 3. The molecule has 0 bridgehead atoms. The van der Waals surface area contributed by atoms with Crippen LogP contribution >= 0.6 is 23.4 Å². The maximum atomic E-state index is 12.6. The summed E-state index contributed by atoms with van der Waals surface area (Å²) in [5, 5.41) is -0.126. The molecule has 2 aliphatic rings. The molecule has 1 fully saturated rings. The van der Waals surface area contributed by atoms with Crippen LogP contribution in [-0.2, 0) is 4.79 Å². The smallest absolute Gasteiger partial charge is 0.293 e. The van der Waals surface area contributed by atoms with Crippen molar-refractivity contribution in [2.75, 3.05) is 13.3 Å². The number of ketones is 1. The lowest BCUT2D eigenvalue weighted by Crippen LogP contribution is -2.33. The van der Waals surface area contributed by atoms with Gasteiger partial charge in [-0.1, -0.05) is 41.9 Å². The Labute approximate surface area is 163 Å². The van der Waals surface area contributed by atoms with Crippen LogP contribution in [0.5, 0.6) is 11.5 Å². The molecule has 1 saturated heterocycles. The third-order valence-corrected chi connectivity index (χ3v) is 5.28. The molecule has 2 aromatic rings. The fourth-order valence-corrected chi connectivity index (χ4v) is 3.72. The number of hydrogen-bond donors (Lipinski definition) is 0. The summed E-state index contributed by atoms with van der Waals surface area (Å²) in [5.41, 5.74) is 0.972. The molecular formula is C19H12ClNO5S. The van der Waals surface area contributed by atoms with Crippen LogP contribution in [0.1, 0.15) is 15.9 Å². The van der Waals surface area contributed by atoms with Crippen molar-refractivity contribution in [3.63, 3.8) is 0 Å². The summed E-state index contributed by atoms with van der Waals surface area (Å²) in [6, 6.07) is 11.8. The SMILES string of the molecule is O=C(CN1C(=O)SC(=Cc2cc3c(cc2Cl)OCO3)C1=O)c1ccccc1. The molecule has 0 aliphatic carbocycles. The van der Waals surface area contributed by atoms with Gasteiger partial charge in [0.15, 0.2) is 17.3 Å². The second-order valence-electron chi connectivity index (χ2n) is 5.78. The number of Topliss-reactive ketones (excluding diaryl/α,β-unsaturated/α-hetero) is 1. The topological polar surface area (TPSA) is 72.9 Å². The highest BCUT2D eigenvalue weighted by Gasteiger charge is 2.36. The average molecular weight is 402 g/mol. The van der Waals surface area contributed by atoms with Crippen LogP contribution in [0, 0.1) is 0 Å². The lowest BCUT2D eigenvalue weighted by atomic mass is 10.1. The van der Waals surface area contributed by atoms with E-state index in [2.05, 4.69) is 0 Å². The van der Waals surface area contributed by atoms with Gasteiger partial charge in [0.1, 0.15) is 0 Å². The monoisotopic (exact) mass is 401 g/mol. The first-order chi connectivity index (χ1) is 13.0. The number of thioether (sulfide) groups is 1. The predicted octanol–water partition coefficient (Wildman–Crippen LogP) is 3.99. The molecule has 0 radical (unpaired) electrons. The van der Waals surface area contributed by atoms with E-state index in [1.807, 2.05) is 0 Å². The Morgan fingerprint density at radius 2 is 1.85 bits per heavy atom. The fourth-order valence-electron chi connectivity index (χ4n) is 2.68. The number of rotatable bonds is 4. The summed E-state index contributed by atoms with van der Waals surface area (Å²) in [6.07, 6.45) is 1.52. The second-order valence-corrected chi connectivity index (χ2v) is 7.18. The van der Waals surface area contributed by atoms with Gasteiger partial charge in [-0.3, -0.25) is 19.3 Å². The molecule has 136 valence electrons. The van der Waals surface area contributed by atoms with Crippen LogP contribution in [0.25, 0.3) is 6.08 Å². The van der Waals surface area contributed by atoms with E-state index in [9.17, 15) is 14.4 Å². The zero-order valence-corrected chi connectivity index (χ0v) is 15.4. The summed E-state index contributed by atoms with van der Waals surface area (Å²) in [6.45, 7) is -0.200. The standard InChI is InChI=1S/C19H12ClNO5S/c20-13-8-16-15(25-10-26-16)6-12(13)7-17-18(23)21(19(24)27-17)9-14(22)11-4-2-1-3-5-11/h1-8H,9-10H2. The number of carbonyl (C=O) groups excluding carboxylic acids is 3. The summed E-state index contributed by atoms with van der Waals surface area (Å²) in [7, 11) is 0. The molecule has 0 spiro atoms. The lowest BCUT2D eigenvalue weighted by molar-refractivity contribution is -0.122. The summed E-state index contributed by atoms with van der Waals surface area (Å²) < 4.78 is 10.6. The van der Waals surface area contributed by atoms with Crippen LogP contribution in [-0.4, -0.2) is 35.2 Å². The first kappa shape index (κ1) is 17.6. The molecule has 0 N–H and O–H groups in total. The molecule has 0 unspecified atom stereocenters. The summed E-state index contributed by atoms with van der Waals surface area (Å²) >= 11 is 6.99. The van der Waals surface area contributed by atoms with E-state index in [1.54, 1.807) is 42.5 Å². The van der Waals surface area contributed by atoms with Gasteiger partial charge in [0, 0.05) is 11.6 Å². The van der Waals surface area contributed by atoms with Crippen LogP contribution in [0.15, 0.2) is 47.4 Å². The molecule has 2 amide bonds. The Bertz CT molecular complexity index is 989. The number of imide groups is 1. The van der Waals surface area contributed by atoms with E-state index < -0.39 is 11.1 Å². The molecule has 0 aromatic heterocycles. The van der Waals surface area contributed by atoms with Crippen LogP contribution in [0.4, 0.5) is 4.79 Å². The van der Waals surface area contributed by atoms with Crippen LogP contribution < -0.4 is 9.47 Å². The maximum absolute atomic E-state index is 12.6. The van der Waals surface area contributed by atoms with Crippen LogP contribution in [0.2, 0.25) is 5.02 Å². The van der Waals surface area contributed by atoms with Crippen molar-refractivity contribution < 1.29 is 23.9 Å². The van der Waals surface area contributed by atoms with Gasteiger partial charge in [-0.05, 0) is 29.5 Å². The van der Waals surface area contributed by atoms with E-state index in [1.165, 1.54) is 6.08 Å². The highest BCUT2D eigenvalue weighted by atomic mass is 35.5. The van der Waals surface area contributed by atoms with Gasteiger partial charge in [-0.2, -0.15) is 0 Å². The Balaban J connectivity index is 1.56. The molecule has 0 atom stereocenters. The predicted molar refractivity (Wildman–Crippen MR) is 101 cm³/mol. The number of ether oxygens (including phenoxy) is 2. The highest BCUT2D eigenvalue weighted by molar-refractivity contribution is 8.18. The molecular weight excluding hydrogens is 390 g/mol. The fraction of sp³-hybridized carbons (Fsp3) is 0.105. The van der Waals surface area contributed by atoms with Crippen LogP contribution in [0.3, 0.4) is 0 Å². The summed E-state index contributed by atoms with van der Waals surface area (Å²) in [5.74, 6) is 0.214. The van der Waals surface area contributed by atoms with Crippen molar-refractivity contribution in [1.82, 2.24) is 4.90 Å². The summed E-state index contributed by atoms with van der Waals surface area (Å²) in [4.78, 5) is 38.3. The normalized spacial score (nSPS) is 17.1. The van der Waals surface area contributed by atoms with Gasteiger partial charge >= 0.3 is 0 Å². The molecule has 0 saturated carbocycles. The minimum atomic E-state index is -0.525. The zero-order valence-electron chi connectivity index (χ0n) is 13.8. The van der Waals surface area contributed by atoms with Gasteiger partial charge in [0.2, 0.25) is 6.79 Å². The third-order valence-electron chi connectivity index (χ3n) is 4.05. The van der Waals surface area contributed by atoms with Gasteiger partial charge in [-0.25, -0.2) is 0 Å². The first-order valence-corrected chi connectivity index (χ1v) is 9.15. The second kappa shape index (κ2) is 7.09. The van der Waals surface area contributed by atoms with Crippen molar-refractivity contribution in [1.29, 1.82) is 0 Å². The Hall–Kier alpha value is -2.77. The largest absolute Gasteiger partial charge is 0.454 e. The van der Waals surface area contributed by atoms with Crippen molar-refractivity contribution >= 4 is 46.4 Å². The van der Waals surface area contributed by atoms with Crippen molar-refractivity contribution in [3.05, 3.63) is 63.5 Å². The van der Waals surface area contributed by atoms with E-state index >= 15 is 0 Å². The Kier molecular flexibility index (Phi) is 4.63. The Morgan fingerprint density at radius 3 is 2.59 bits per heavy atom. The minimum absolute atomic E-state index is 0.104. The van der Waals surface area contributed by atoms with E-state index in [0.29, 0.717) is 27.6 Å². The molecule has 4 rings (SSSR count).